The quantitative estimate of drug-likeness (QED) is 0.220. The number of nitrogens with zero attached hydrogens (tertiary/aromatic N) is 4. The Morgan fingerprint density at radius 2 is 1.67 bits per heavy atom. The largest absolute Gasteiger partial charge is 0.497 e. The highest BCUT2D eigenvalue weighted by molar-refractivity contribution is 7.99. The van der Waals surface area contributed by atoms with Gasteiger partial charge in [-0.25, -0.2) is 4.98 Å². The number of amides is 2. The van der Waals surface area contributed by atoms with E-state index in [2.05, 4.69) is 27.3 Å². The van der Waals surface area contributed by atoms with Crippen molar-refractivity contribution in [2.75, 3.05) is 56.4 Å². The normalized spacial score (nSPS) is 13.2. The highest BCUT2D eigenvalue weighted by Gasteiger charge is 2.22. The number of rotatable bonds is 10. The van der Waals surface area contributed by atoms with E-state index < -0.39 is 0 Å². The molecule has 4 aromatic rings. The summed E-state index contributed by atoms with van der Waals surface area (Å²) in [6.45, 7) is 2.92. The first-order chi connectivity index (χ1) is 20.5. The number of methoxy groups -OCH3 is 2. The predicted molar refractivity (Wildman–Crippen MR) is 165 cm³/mol. The van der Waals surface area contributed by atoms with Gasteiger partial charge in [0.25, 0.3) is 5.56 Å². The molecular weight excluding hydrogens is 554 g/mol. The number of ether oxygens (including phenoxy) is 2. The minimum Gasteiger partial charge on any atom is -0.497 e. The van der Waals surface area contributed by atoms with E-state index in [1.807, 2.05) is 29.2 Å². The molecule has 2 amide bonds. The lowest BCUT2D eigenvalue weighted by atomic mass is 10.2. The van der Waals surface area contributed by atoms with Crippen LogP contribution in [0.25, 0.3) is 10.9 Å². The van der Waals surface area contributed by atoms with Crippen molar-refractivity contribution >= 4 is 45.9 Å². The first-order valence-electron chi connectivity index (χ1n) is 13.7. The van der Waals surface area contributed by atoms with Gasteiger partial charge in [0, 0.05) is 50.9 Å². The van der Waals surface area contributed by atoms with Crippen molar-refractivity contribution in [1.29, 1.82) is 0 Å². The molecule has 0 radical (unpaired) electrons. The summed E-state index contributed by atoms with van der Waals surface area (Å²) in [4.78, 5) is 48.3. The van der Waals surface area contributed by atoms with Crippen molar-refractivity contribution in [2.45, 2.75) is 18.1 Å². The van der Waals surface area contributed by atoms with Crippen molar-refractivity contribution < 1.29 is 19.1 Å². The number of thioether (sulfide) groups is 1. The number of para-hydroxylation sites is 2. The van der Waals surface area contributed by atoms with Gasteiger partial charge in [-0.15, -0.1) is 0 Å². The van der Waals surface area contributed by atoms with Crippen LogP contribution >= 0.6 is 11.8 Å². The summed E-state index contributed by atoms with van der Waals surface area (Å²) in [6, 6.07) is 22.4. The SMILES string of the molecule is COc1ccc(NC(=O)CSc2nc3ccccc3c(=O)n2CCC(=O)N2CCN(c3ccccc3)CC2)c(OC)c1. The third-order valence-electron chi connectivity index (χ3n) is 7.14. The Hall–Kier alpha value is -4.51. The van der Waals surface area contributed by atoms with E-state index in [9.17, 15) is 14.4 Å². The molecule has 0 unspecified atom stereocenters. The monoisotopic (exact) mass is 587 g/mol. The molecule has 2 heterocycles. The van der Waals surface area contributed by atoms with E-state index >= 15 is 0 Å². The number of fused-ring (bicyclic) bond motifs is 1. The van der Waals surface area contributed by atoms with Gasteiger partial charge in [-0.3, -0.25) is 19.0 Å². The number of hydrogen-bond acceptors (Lipinski definition) is 8. The van der Waals surface area contributed by atoms with Crippen LogP contribution in [0.5, 0.6) is 11.5 Å². The van der Waals surface area contributed by atoms with Crippen LogP contribution in [0.15, 0.2) is 82.7 Å². The molecule has 11 heteroatoms. The maximum absolute atomic E-state index is 13.5. The number of benzene rings is 3. The summed E-state index contributed by atoms with van der Waals surface area (Å²) < 4.78 is 12.1. The van der Waals surface area contributed by atoms with E-state index in [1.54, 1.807) is 43.5 Å². The molecular formula is C31H33N5O5S. The van der Waals surface area contributed by atoms with Crippen LogP contribution in [0.3, 0.4) is 0 Å². The number of piperazine rings is 1. The number of nitrogens with one attached hydrogen (secondary N) is 1. The zero-order valence-electron chi connectivity index (χ0n) is 23.6. The molecule has 1 aromatic heterocycles. The summed E-state index contributed by atoms with van der Waals surface area (Å²) in [5.74, 6) is 0.788. The molecule has 1 aliphatic rings. The fourth-order valence-electron chi connectivity index (χ4n) is 4.89. The smallest absolute Gasteiger partial charge is 0.262 e. The lowest BCUT2D eigenvalue weighted by Gasteiger charge is -2.36. The Kier molecular flexibility index (Phi) is 9.28. The minimum absolute atomic E-state index is 0.00928. The van der Waals surface area contributed by atoms with Gasteiger partial charge in [0.1, 0.15) is 11.5 Å². The van der Waals surface area contributed by atoms with Crippen molar-refractivity contribution in [3.8, 4) is 11.5 Å². The van der Waals surface area contributed by atoms with Gasteiger partial charge in [0.05, 0.1) is 36.6 Å². The molecule has 10 nitrogen and oxygen atoms in total. The molecule has 3 aromatic carbocycles. The predicted octanol–water partition coefficient (Wildman–Crippen LogP) is 3.88. The van der Waals surface area contributed by atoms with Gasteiger partial charge < -0.3 is 24.6 Å². The number of carbonyl (C=O) groups excluding carboxylic acids is 2. The molecule has 42 heavy (non-hydrogen) atoms. The first-order valence-corrected chi connectivity index (χ1v) is 14.7. The van der Waals surface area contributed by atoms with Crippen LogP contribution < -0.4 is 25.2 Å². The van der Waals surface area contributed by atoms with Gasteiger partial charge in [-0.2, -0.15) is 0 Å². The number of carbonyl (C=O) groups is 2. The molecule has 1 fully saturated rings. The maximum Gasteiger partial charge on any atom is 0.262 e. The highest BCUT2D eigenvalue weighted by atomic mass is 32.2. The van der Waals surface area contributed by atoms with Gasteiger partial charge in [-0.05, 0) is 36.4 Å². The third kappa shape index (κ3) is 6.68. The summed E-state index contributed by atoms with van der Waals surface area (Å²) >= 11 is 1.15. The molecule has 0 atom stereocenters. The summed E-state index contributed by atoms with van der Waals surface area (Å²) in [5.41, 5.74) is 1.96. The van der Waals surface area contributed by atoms with E-state index in [4.69, 9.17) is 9.47 Å². The summed E-state index contributed by atoms with van der Waals surface area (Å²) in [5, 5.41) is 3.70. The Balaban J connectivity index is 1.26. The summed E-state index contributed by atoms with van der Waals surface area (Å²) in [6.07, 6.45) is 0.161. The van der Waals surface area contributed by atoms with Crippen molar-refractivity contribution in [3.63, 3.8) is 0 Å². The number of hydrogen-bond donors (Lipinski definition) is 1. The van der Waals surface area contributed by atoms with E-state index in [0.717, 1.165) is 30.5 Å². The molecule has 0 spiro atoms. The molecule has 1 aliphatic heterocycles. The van der Waals surface area contributed by atoms with E-state index in [0.29, 0.717) is 46.3 Å². The van der Waals surface area contributed by atoms with E-state index in [-0.39, 0.29) is 36.1 Å². The maximum atomic E-state index is 13.5. The second-order valence-corrected chi connectivity index (χ2v) is 10.7. The highest BCUT2D eigenvalue weighted by Crippen LogP contribution is 2.29. The fourth-order valence-corrected chi connectivity index (χ4v) is 5.72. The van der Waals surface area contributed by atoms with Gasteiger partial charge in [0.2, 0.25) is 11.8 Å². The van der Waals surface area contributed by atoms with Gasteiger partial charge in [0.15, 0.2) is 5.16 Å². The molecule has 5 rings (SSSR count). The van der Waals surface area contributed by atoms with Crippen molar-refractivity contribution in [1.82, 2.24) is 14.5 Å². The lowest BCUT2D eigenvalue weighted by Crippen LogP contribution is -2.49. The Bertz CT molecular complexity index is 1620. The zero-order chi connectivity index (χ0) is 29.5. The Labute approximate surface area is 248 Å². The average molecular weight is 588 g/mol. The van der Waals surface area contributed by atoms with Crippen molar-refractivity contribution in [2.24, 2.45) is 0 Å². The second-order valence-electron chi connectivity index (χ2n) is 9.72. The standard InChI is InChI=1S/C31H33N5O5S/c1-40-23-12-13-26(27(20-23)41-2)32-28(37)21-42-31-33-25-11-7-6-10-24(25)30(39)36(31)15-14-29(38)35-18-16-34(17-19-35)22-8-4-3-5-9-22/h3-13,20H,14-19,21H2,1-2H3,(H,32,37). The third-order valence-corrected chi connectivity index (χ3v) is 8.12. The topological polar surface area (TPSA) is 106 Å². The van der Waals surface area contributed by atoms with Crippen molar-refractivity contribution in [3.05, 3.63) is 83.2 Å². The molecule has 1 N–H and O–H groups in total. The number of aromatic nitrogens is 2. The molecule has 218 valence electrons. The molecule has 1 saturated heterocycles. The van der Waals surface area contributed by atoms with Gasteiger partial charge in [-0.1, -0.05) is 42.1 Å². The second kappa shape index (κ2) is 13.4. The Morgan fingerprint density at radius 1 is 0.929 bits per heavy atom. The molecule has 0 bridgehead atoms. The minimum atomic E-state index is -0.287. The zero-order valence-corrected chi connectivity index (χ0v) is 24.4. The lowest BCUT2D eigenvalue weighted by molar-refractivity contribution is -0.131. The van der Waals surface area contributed by atoms with Crippen LogP contribution in [0.2, 0.25) is 0 Å². The molecule has 0 aliphatic carbocycles. The Morgan fingerprint density at radius 3 is 2.40 bits per heavy atom. The van der Waals surface area contributed by atoms with Gasteiger partial charge >= 0.3 is 0 Å². The summed E-state index contributed by atoms with van der Waals surface area (Å²) in [7, 11) is 3.07. The fraction of sp³-hybridized carbons (Fsp3) is 0.290. The van der Waals surface area contributed by atoms with Crippen LogP contribution in [0.4, 0.5) is 11.4 Å². The van der Waals surface area contributed by atoms with E-state index in [1.165, 1.54) is 11.7 Å². The van der Waals surface area contributed by atoms with Crippen LogP contribution in [0.1, 0.15) is 6.42 Å². The number of anilines is 2. The average Bonchev–Trinajstić information content (AvgIpc) is 3.04. The first kappa shape index (κ1) is 29.0. The van der Waals surface area contributed by atoms with Crippen LogP contribution in [-0.2, 0) is 16.1 Å². The van der Waals surface area contributed by atoms with Crippen LogP contribution in [-0.4, -0.2) is 72.4 Å². The molecule has 0 saturated carbocycles. The van der Waals surface area contributed by atoms with Crippen LogP contribution in [0, 0.1) is 0 Å².